The molecule has 0 spiro atoms. The van der Waals surface area contributed by atoms with Gasteiger partial charge in [-0.1, -0.05) is 25.1 Å². The molecule has 2 aromatic rings. The molecule has 1 aliphatic rings. The van der Waals surface area contributed by atoms with Gasteiger partial charge in [0.1, 0.15) is 17.2 Å². The topological polar surface area (TPSA) is 72.2 Å². The minimum Gasteiger partial charge on any atom is -0.492 e. The third-order valence-corrected chi connectivity index (χ3v) is 5.55. The molecule has 0 saturated heterocycles. The third kappa shape index (κ3) is 4.83. The van der Waals surface area contributed by atoms with Crippen LogP contribution in [0.1, 0.15) is 36.8 Å². The highest BCUT2D eigenvalue weighted by molar-refractivity contribution is 5.48. The molecule has 0 radical (unpaired) electrons. The Morgan fingerprint density at radius 1 is 1.00 bits per heavy atom. The molecule has 0 aliphatic carbocycles. The highest BCUT2D eigenvalue weighted by Crippen LogP contribution is 2.49. The Morgan fingerprint density at radius 3 is 2.31 bits per heavy atom. The van der Waals surface area contributed by atoms with Gasteiger partial charge in [-0.2, -0.15) is 0 Å². The van der Waals surface area contributed by atoms with Gasteiger partial charge in [-0.05, 0) is 48.7 Å². The number of hydrogen-bond acceptors (Lipinski definition) is 6. The van der Waals surface area contributed by atoms with Gasteiger partial charge in [-0.3, -0.25) is 0 Å². The van der Waals surface area contributed by atoms with Gasteiger partial charge in [0, 0.05) is 31.6 Å². The Hall–Kier alpha value is -2.28. The Bertz CT molecular complexity index is 779. The Balaban J connectivity index is 1.89. The largest absolute Gasteiger partial charge is 0.492 e. The van der Waals surface area contributed by atoms with E-state index < -0.39 is 0 Å². The first-order valence-corrected chi connectivity index (χ1v) is 9.93. The molecule has 3 rings (SSSR count). The summed E-state index contributed by atoms with van der Waals surface area (Å²) in [5.74, 6) is 2.69. The van der Waals surface area contributed by atoms with Crippen molar-refractivity contribution in [2.24, 2.45) is 5.73 Å². The van der Waals surface area contributed by atoms with Gasteiger partial charge in [-0.25, -0.2) is 0 Å². The maximum absolute atomic E-state index is 6.22. The van der Waals surface area contributed by atoms with Crippen LogP contribution in [0.3, 0.4) is 0 Å². The summed E-state index contributed by atoms with van der Waals surface area (Å²) >= 11 is 0. The summed E-state index contributed by atoms with van der Waals surface area (Å²) in [4.78, 5) is 0. The van der Waals surface area contributed by atoms with Crippen LogP contribution >= 0.6 is 0 Å². The van der Waals surface area contributed by atoms with Crippen LogP contribution in [0.4, 0.5) is 0 Å². The third-order valence-electron chi connectivity index (χ3n) is 5.55. The second-order valence-electron chi connectivity index (χ2n) is 7.52. The maximum atomic E-state index is 6.22. The van der Waals surface area contributed by atoms with E-state index in [9.17, 15) is 0 Å². The number of rotatable bonds is 10. The summed E-state index contributed by atoms with van der Waals surface area (Å²) in [6.07, 6.45) is 1.94. The van der Waals surface area contributed by atoms with E-state index in [1.807, 2.05) is 24.3 Å². The number of nitrogens with two attached hydrogens (primary N) is 1. The maximum Gasteiger partial charge on any atom is 0.188 e. The van der Waals surface area contributed by atoms with Crippen molar-refractivity contribution in [1.82, 2.24) is 0 Å². The predicted octanol–water partition coefficient (Wildman–Crippen LogP) is 3.82. The fourth-order valence-electron chi connectivity index (χ4n) is 3.96. The van der Waals surface area contributed by atoms with E-state index in [4.69, 9.17) is 29.4 Å². The van der Waals surface area contributed by atoms with Crippen LogP contribution in [0, 0.1) is 0 Å². The van der Waals surface area contributed by atoms with Crippen LogP contribution in [0.2, 0.25) is 0 Å². The van der Waals surface area contributed by atoms with E-state index >= 15 is 0 Å². The molecule has 2 unspecified atom stereocenters. The second kappa shape index (κ2) is 9.96. The van der Waals surface area contributed by atoms with Crippen LogP contribution in [-0.2, 0) is 14.9 Å². The van der Waals surface area contributed by atoms with Crippen molar-refractivity contribution in [2.45, 2.75) is 31.1 Å². The Labute approximate surface area is 172 Å². The predicted molar refractivity (Wildman–Crippen MR) is 112 cm³/mol. The average molecular weight is 402 g/mol. The lowest BCUT2D eigenvalue weighted by atomic mass is 9.66. The molecule has 1 aliphatic heterocycles. The van der Waals surface area contributed by atoms with Crippen LogP contribution in [0.15, 0.2) is 42.5 Å². The molecule has 0 bridgehead atoms. The molecule has 29 heavy (non-hydrogen) atoms. The molecule has 0 saturated carbocycles. The van der Waals surface area contributed by atoms with E-state index in [-0.39, 0.29) is 24.9 Å². The van der Waals surface area contributed by atoms with Crippen molar-refractivity contribution in [3.8, 4) is 17.2 Å². The fraction of sp³-hybridized carbons (Fsp3) is 0.478. The highest BCUT2D eigenvalue weighted by Gasteiger charge is 2.42. The fourth-order valence-corrected chi connectivity index (χ4v) is 3.96. The number of ether oxygens (including phenoxy) is 5. The first-order valence-electron chi connectivity index (χ1n) is 9.93. The lowest BCUT2D eigenvalue weighted by Crippen LogP contribution is -2.40. The minimum atomic E-state index is -0.170. The summed E-state index contributed by atoms with van der Waals surface area (Å²) in [6, 6.07) is 14.2. The van der Waals surface area contributed by atoms with Crippen LogP contribution in [0.25, 0.3) is 0 Å². The zero-order valence-electron chi connectivity index (χ0n) is 17.5. The summed E-state index contributed by atoms with van der Waals surface area (Å²) in [6.45, 7) is 3.96. The molecule has 6 heteroatoms. The van der Waals surface area contributed by atoms with E-state index in [0.29, 0.717) is 13.2 Å². The highest BCUT2D eigenvalue weighted by atomic mass is 16.7. The van der Waals surface area contributed by atoms with Crippen LogP contribution in [-0.4, -0.2) is 41.0 Å². The average Bonchev–Trinajstić information content (AvgIpc) is 2.76. The summed E-state index contributed by atoms with van der Waals surface area (Å²) < 4.78 is 27.3. The van der Waals surface area contributed by atoms with Gasteiger partial charge in [0.25, 0.3) is 0 Å². The van der Waals surface area contributed by atoms with E-state index in [0.717, 1.165) is 30.1 Å². The lowest BCUT2D eigenvalue weighted by molar-refractivity contribution is 0.0505. The van der Waals surface area contributed by atoms with Crippen molar-refractivity contribution in [3.05, 3.63) is 53.6 Å². The normalized spacial score (nSPS) is 20.6. The molecular weight excluding hydrogens is 370 g/mol. The lowest BCUT2D eigenvalue weighted by Gasteiger charge is -2.43. The molecular formula is C23H31NO5. The summed E-state index contributed by atoms with van der Waals surface area (Å²) in [5, 5.41) is 0. The zero-order chi connectivity index (χ0) is 20.7. The van der Waals surface area contributed by atoms with Crippen molar-refractivity contribution < 1.29 is 23.7 Å². The Kier molecular flexibility index (Phi) is 7.36. The number of fused-ring (bicyclic) bond motifs is 1. The second-order valence-corrected chi connectivity index (χ2v) is 7.52. The van der Waals surface area contributed by atoms with E-state index in [1.165, 1.54) is 11.1 Å². The number of methoxy groups -OCH3 is 2. The van der Waals surface area contributed by atoms with Crippen LogP contribution < -0.4 is 19.9 Å². The molecule has 6 nitrogen and oxygen atoms in total. The van der Waals surface area contributed by atoms with Crippen molar-refractivity contribution in [1.29, 1.82) is 0 Å². The smallest absolute Gasteiger partial charge is 0.188 e. The molecule has 2 aromatic carbocycles. The SMILES string of the molecule is COCOc1ccc(C2(C)COc3cc(OCOC)ccc3C2CCCN)cc1. The summed E-state index contributed by atoms with van der Waals surface area (Å²) in [5.41, 5.74) is 8.08. The van der Waals surface area contributed by atoms with Crippen molar-refractivity contribution >= 4 is 0 Å². The molecule has 0 aromatic heterocycles. The monoisotopic (exact) mass is 401 g/mol. The van der Waals surface area contributed by atoms with Crippen molar-refractivity contribution in [3.63, 3.8) is 0 Å². The first-order chi connectivity index (χ1) is 14.1. The van der Waals surface area contributed by atoms with Gasteiger partial charge >= 0.3 is 0 Å². The van der Waals surface area contributed by atoms with Gasteiger partial charge < -0.3 is 29.4 Å². The zero-order valence-corrected chi connectivity index (χ0v) is 17.5. The van der Waals surface area contributed by atoms with Crippen molar-refractivity contribution in [2.75, 3.05) is 41.0 Å². The molecule has 2 atom stereocenters. The van der Waals surface area contributed by atoms with Gasteiger partial charge in [0.15, 0.2) is 13.6 Å². The molecule has 0 amide bonds. The number of hydrogen-bond donors (Lipinski definition) is 1. The standard InChI is InChI=1S/C23H31NO5/c1-23(17-6-8-18(9-7-17)28-15-25-2)14-27-22-13-19(29-16-26-3)10-11-20(22)21(23)5-4-12-24/h6-11,13,21H,4-5,12,14-16,24H2,1-3H3. The van der Waals surface area contributed by atoms with E-state index in [1.54, 1.807) is 14.2 Å². The van der Waals surface area contributed by atoms with E-state index in [2.05, 4.69) is 25.1 Å². The first kappa shape index (κ1) is 21.4. The summed E-state index contributed by atoms with van der Waals surface area (Å²) in [7, 11) is 3.22. The van der Waals surface area contributed by atoms with Gasteiger partial charge in [-0.15, -0.1) is 0 Å². The Morgan fingerprint density at radius 2 is 1.66 bits per heavy atom. The molecule has 2 N–H and O–H groups in total. The quantitative estimate of drug-likeness (QED) is 0.610. The minimum absolute atomic E-state index is 0.170. The van der Waals surface area contributed by atoms with Gasteiger partial charge in [0.2, 0.25) is 0 Å². The van der Waals surface area contributed by atoms with Crippen LogP contribution in [0.5, 0.6) is 17.2 Å². The molecule has 1 heterocycles. The van der Waals surface area contributed by atoms with Gasteiger partial charge in [0.05, 0.1) is 6.61 Å². The molecule has 0 fully saturated rings. The molecule has 158 valence electrons. The number of benzene rings is 2.